The van der Waals surface area contributed by atoms with Crippen LogP contribution in [0.25, 0.3) is 0 Å². The van der Waals surface area contributed by atoms with Gasteiger partial charge < -0.3 is 10.1 Å². The summed E-state index contributed by atoms with van der Waals surface area (Å²) in [6.45, 7) is 4.63. The Labute approximate surface area is 79.1 Å². The Morgan fingerprint density at radius 3 is 2.31 bits per heavy atom. The molecule has 0 aliphatic rings. The van der Waals surface area contributed by atoms with Crippen molar-refractivity contribution in [3.63, 3.8) is 0 Å². The van der Waals surface area contributed by atoms with Crippen LogP contribution in [0.15, 0.2) is 24.3 Å². The summed E-state index contributed by atoms with van der Waals surface area (Å²) in [6, 6.07) is 7.67. The summed E-state index contributed by atoms with van der Waals surface area (Å²) >= 11 is 0. The Balaban J connectivity index is 2.75. The highest BCUT2D eigenvalue weighted by Gasteiger charge is 1.98. The maximum atomic E-state index is 7.61. The van der Waals surface area contributed by atoms with Crippen LogP contribution in [-0.4, -0.2) is 12.3 Å². The van der Waals surface area contributed by atoms with Crippen LogP contribution in [0.3, 0.4) is 0 Å². The lowest BCUT2D eigenvalue weighted by Crippen LogP contribution is -1.97. The summed E-state index contributed by atoms with van der Waals surface area (Å²) < 4.78 is 5.30. The zero-order valence-corrected chi connectivity index (χ0v) is 8.13. The molecular formula is C11H15NO. The molecule has 1 N–H and O–H groups in total. The SMILES string of the molecule is CCOc1ccc(C(=N)CC)cc1. The number of benzene rings is 1. The molecule has 1 aromatic carbocycles. The Bertz CT molecular complexity index is 277. The summed E-state index contributed by atoms with van der Waals surface area (Å²) in [5.41, 5.74) is 1.65. The van der Waals surface area contributed by atoms with Crippen LogP contribution in [0.4, 0.5) is 0 Å². The highest BCUT2D eigenvalue weighted by molar-refractivity contribution is 5.97. The standard InChI is InChI=1S/C11H15NO/c1-3-11(12)9-5-7-10(8-6-9)13-4-2/h5-8,12H,3-4H2,1-2H3. The summed E-state index contributed by atoms with van der Waals surface area (Å²) in [6.07, 6.45) is 0.772. The predicted molar refractivity (Wildman–Crippen MR) is 54.7 cm³/mol. The van der Waals surface area contributed by atoms with Crippen molar-refractivity contribution < 1.29 is 4.74 Å². The van der Waals surface area contributed by atoms with E-state index in [1.807, 2.05) is 38.1 Å². The Hall–Kier alpha value is -1.31. The quantitative estimate of drug-likeness (QED) is 0.705. The van der Waals surface area contributed by atoms with Crippen molar-refractivity contribution in [3.05, 3.63) is 29.8 Å². The zero-order valence-electron chi connectivity index (χ0n) is 8.13. The van der Waals surface area contributed by atoms with Gasteiger partial charge >= 0.3 is 0 Å². The fraction of sp³-hybridized carbons (Fsp3) is 0.364. The molecule has 1 aromatic rings. The van der Waals surface area contributed by atoms with E-state index in [2.05, 4.69) is 0 Å². The van der Waals surface area contributed by atoms with E-state index in [9.17, 15) is 0 Å². The zero-order chi connectivity index (χ0) is 9.68. The predicted octanol–water partition coefficient (Wildman–Crippen LogP) is 2.86. The molecule has 0 aliphatic heterocycles. The van der Waals surface area contributed by atoms with E-state index in [1.165, 1.54) is 0 Å². The van der Waals surface area contributed by atoms with Gasteiger partial charge in [-0.05, 0) is 43.2 Å². The molecule has 0 radical (unpaired) electrons. The molecule has 0 fully saturated rings. The summed E-state index contributed by atoms with van der Waals surface area (Å²) in [5, 5.41) is 7.61. The van der Waals surface area contributed by atoms with Gasteiger partial charge in [-0.2, -0.15) is 0 Å². The average Bonchev–Trinajstić information content (AvgIpc) is 2.18. The third-order valence-corrected chi connectivity index (χ3v) is 1.87. The van der Waals surface area contributed by atoms with Gasteiger partial charge in [-0.1, -0.05) is 6.92 Å². The molecule has 0 aromatic heterocycles. The second kappa shape index (κ2) is 4.65. The molecule has 0 atom stereocenters. The first kappa shape index (κ1) is 9.78. The second-order valence-corrected chi connectivity index (χ2v) is 2.79. The molecule has 0 heterocycles. The summed E-state index contributed by atoms with van der Waals surface area (Å²) in [5.74, 6) is 0.871. The largest absolute Gasteiger partial charge is 0.494 e. The molecule has 2 nitrogen and oxygen atoms in total. The van der Waals surface area contributed by atoms with Gasteiger partial charge in [-0.15, -0.1) is 0 Å². The van der Waals surface area contributed by atoms with Crippen molar-refractivity contribution in [1.29, 1.82) is 5.41 Å². The van der Waals surface area contributed by atoms with Crippen molar-refractivity contribution in [2.75, 3.05) is 6.61 Å². The molecule has 70 valence electrons. The van der Waals surface area contributed by atoms with E-state index in [0.29, 0.717) is 12.3 Å². The van der Waals surface area contributed by atoms with Crippen LogP contribution in [-0.2, 0) is 0 Å². The number of hydrogen-bond acceptors (Lipinski definition) is 2. The van der Waals surface area contributed by atoms with E-state index in [-0.39, 0.29) is 0 Å². The summed E-state index contributed by atoms with van der Waals surface area (Å²) in [7, 11) is 0. The lowest BCUT2D eigenvalue weighted by molar-refractivity contribution is 0.340. The fourth-order valence-corrected chi connectivity index (χ4v) is 1.12. The van der Waals surface area contributed by atoms with E-state index >= 15 is 0 Å². The smallest absolute Gasteiger partial charge is 0.119 e. The van der Waals surface area contributed by atoms with Crippen LogP contribution in [0.5, 0.6) is 5.75 Å². The molecule has 0 unspecified atom stereocenters. The minimum Gasteiger partial charge on any atom is -0.494 e. The van der Waals surface area contributed by atoms with Crippen LogP contribution >= 0.6 is 0 Å². The van der Waals surface area contributed by atoms with Gasteiger partial charge in [-0.25, -0.2) is 0 Å². The molecule has 13 heavy (non-hydrogen) atoms. The Morgan fingerprint density at radius 1 is 1.23 bits per heavy atom. The fourth-order valence-electron chi connectivity index (χ4n) is 1.12. The van der Waals surface area contributed by atoms with Crippen LogP contribution in [0, 0.1) is 5.41 Å². The first-order valence-electron chi connectivity index (χ1n) is 4.58. The van der Waals surface area contributed by atoms with Gasteiger partial charge in [0.05, 0.1) is 6.61 Å². The van der Waals surface area contributed by atoms with E-state index in [0.717, 1.165) is 17.7 Å². The molecule has 2 heteroatoms. The minimum absolute atomic E-state index is 0.669. The number of hydrogen-bond donors (Lipinski definition) is 1. The molecular weight excluding hydrogens is 162 g/mol. The molecule has 0 saturated carbocycles. The van der Waals surface area contributed by atoms with E-state index in [1.54, 1.807) is 0 Å². The van der Waals surface area contributed by atoms with Crippen molar-refractivity contribution in [3.8, 4) is 5.75 Å². The molecule has 0 bridgehead atoms. The number of rotatable bonds is 4. The first-order valence-corrected chi connectivity index (χ1v) is 4.58. The topological polar surface area (TPSA) is 33.1 Å². The third-order valence-electron chi connectivity index (χ3n) is 1.87. The second-order valence-electron chi connectivity index (χ2n) is 2.79. The number of ether oxygens (including phenoxy) is 1. The maximum absolute atomic E-state index is 7.61. The van der Waals surface area contributed by atoms with E-state index in [4.69, 9.17) is 10.1 Å². The van der Waals surface area contributed by atoms with Crippen molar-refractivity contribution in [2.45, 2.75) is 20.3 Å². The lowest BCUT2D eigenvalue weighted by atomic mass is 10.1. The highest BCUT2D eigenvalue weighted by atomic mass is 16.5. The van der Waals surface area contributed by atoms with Crippen molar-refractivity contribution >= 4 is 5.71 Å². The minimum atomic E-state index is 0.669. The van der Waals surface area contributed by atoms with Gasteiger partial charge in [-0.3, -0.25) is 0 Å². The van der Waals surface area contributed by atoms with Gasteiger partial charge in [0.25, 0.3) is 0 Å². The maximum Gasteiger partial charge on any atom is 0.119 e. The van der Waals surface area contributed by atoms with Crippen LogP contribution < -0.4 is 4.74 Å². The molecule has 0 spiro atoms. The molecule has 1 rings (SSSR count). The molecule has 0 saturated heterocycles. The van der Waals surface area contributed by atoms with Crippen LogP contribution in [0.1, 0.15) is 25.8 Å². The van der Waals surface area contributed by atoms with Crippen molar-refractivity contribution in [1.82, 2.24) is 0 Å². The lowest BCUT2D eigenvalue weighted by Gasteiger charge is -2.04. The van der Waals surface area contributed by atoms with Crippen LogP contribution in [0.2, 0.25) is 0 Å². The van der Waals surface area contributed by atoms with Gasteiger partial charge in [0.1, 0.15) is 5.75 Å². The highest BCUT2D eigenvalue weighted by Crippen LogP contribution is 2.12. The Morgan fingerprint density at radius 2 is 1.85 bits per heavy atom. The van der Waals surface area contributed by atoms with Gasteiger partial charge in [0.15, 0.2) is 0 Å². The van der Waals surface area contributed by atoms with Crippen molar-refractivity contribution in [2.24, 2.45) is 0 Å². The molecule has 0 aliphatic carbocycles. The first-order chi connectivity index (χ1) is 6.27. The third kappa shape index (κ3) is 2.58. The van der Waals surface area contributed by atoms with Gasteiger partial charge in [0.2, 0.25) is 0 Å². The monoisotopic (exact) mass is 177 g/mol. The number of nitrogens with one attached hydrogen (secondary N) is 1. The van der Waals surface area contributed by atoms with Gasteiger partial charge in [0, 0.05) is 5.71 Å². The summed E-state index contributed by atoms with van der Waals surface area (Å²) in [4.78, 5) is 0. The van der Waals surface area contributed by atoms with E-state index < -0.39 is 0 Å². The normalized spacial score (nSPS) is 9.69. The average molecular weight is 177 g/mol. The molecule has 0 amide bonds. The Kier molecular flexibility index (Phi) is 3.50.